The van der Waals surface area contributed by atoms with Crippen LogP contribution >= 0.6 is 0 Å². The first-order valence-electron chi connectivity index (χ1n) is 23.8. The maximum Gasteiger partial charge on any atom is 0.0721 e. The van der Waals surface area contributed by atoms with Crippen molar-refractivity contribution in [3.63, 3.8) is 0 Å². The van der Waals surface area contributed by atoms with Crippen LogP contribution in [0.4, 0.5) is 0 Å². The van der Waals surface area contributed by atoms with Gasteiger partial charge in [0.1, 0.15) is 0 Å². The van der Waals surface area contributed by atoms with Gasteiger partial charge in [-0.3, -0.25) is 0 Å². The highest BCUT2D eigenvalue weighted by Crippen LogP contribution is 2.35. The number of aromatic nitrogens is 1. The zero-order valence-electron chi connectivity index (χ0n) is 39.9. The van der Waals surface area contributed by atoms with Gasteiger partial charge in [0.15, 0.2) is 0 Å². The van der Waals surface area contributed by atoms with Gasteiger partial charge < -0.3 is 9.30 Å². The van der Waals surface area contributed by atoms with Crippen LogP contribution in [0.1, 0.15) is 57.0 Å². The molecule has 0 aliphatic heterocycles. The molecule has 0 atom stereocenters. The predicted octanol–water partition coefficient (Wildman–Crippen LogP) is 15.7. The molecule has 334 valence electrons. The van der Waals surface area contributed by atoms with Crippen LogP contribution in [0, 0.1) is 27.7 Å². The third-order valence-electron chi connectivity index (χ3n) is 12.8. The minimum absolute atomic E-state index is 0.640. The van der Waals surface area contributed by atoms with Gasteiger partial charge in [0.2, 0.25) is 0 Å². The molecule has 2 nitrogen and oxygen atoms in total. The average Bonchev–Trinajstić information content (AvgIpc) is 3.68. The summed E-state index contributed by atoms with van der Waals surface area (Å²) in [6.45, 7) is 11.9. The molecule has 10 aromatic rings. The van der Waals surface area contributed by atoms with E-state index in [0.29, 0.717) is 13.2 Å². The van der Waals surface area contributed by atoms with Gasteiger partial charge in [0.05, 0.1) is 24.2 Å². The number of hydrogen-bond donors (Lipinski definition) is 0. The minimum atomic E-state index is 0.640. The van der Waals surface area contributed by atoms with Gasteiger partial charge >= 0.3 is 0 Å². The fourth-order valence-corrected chi connectivity index (χ4v) is 8.55. The maximum atomic E-state index is 5.86. The Kier molecular flexibility index (Phi) is 14.2. The molecule has 12 rings (SSSR count). The van der Waals surface area contributed by atoms with Crippen molar-refractivity contribution in [2.24, 2.45) is 0 Å². The summed E-state index contributed by atoms with van der Waals surface area (Å²) in [7, 11) is 0. The first kappa shape index (κ1) is 45.4. The Morgan fingerprint density at radius 2 is 0.882 bits per heavy atom. The van der Waals surface area contributed by atoms with E-state index < -0.39 is 0 Å². The molecule has 1 aromatic heterocycles. The standard InChI is InChI=1S/C26H21N.C23H20O.C10H10.C7H8/c1-18-7-11-20(12-8-18)21-13-16-26-24(17-21)23-5-3-4-6-25(23)27(26)22-14-9-19(2)10-15-22;1-17-2-7-20(8-3-17)21-9-4-18(5-10-21)15-24-16-19-6-11-22-12-13-23(22)14-19;1-2-8-3-4-9-5-6-10(9)7-8;1-7-5-3-2-4-6-7/h3-17H,1-2H3;2-14H,15-16H2,1H3;3-7H,2H2,1H3;2-6H,1H3. The number of nitrogens with zero attached hydrogens (tertiary/aromatic N) is 1. The Balaban J connectivity index is 0.000000127. The molecule has 2 aliphatic rings. The molecular weight excluding hydrogens is 823 g/mol. The molecule has 0 fully saturated rings. The van der Waals surface area contributed by atoms with Crippen molar-refractivity contribution in [3.8, 4) is 27.9 Å². The lowest BCUT2D eigenvalue weighted by Crippen LogP contribution is -2.30. The van der Waals surface area contributed by atoms with Crippen LogP contribution in [0.25, 0.3) is 74.1 Å². The molecule has 0 saturated carbocycles. The Morgan fingerprint density at radius 3 is 1.46 bits per heavy atom. The van der Waals surface area contributed by atoms with Crippen molar-refractivity contribution in [3.05, 3.63) is 267 Å². The summed E-state index contributed by atoms with van der Waals surface area (Å²) < 4.78 is 8.23. The predicted molar refractivity (Wildman–Crippen MR) is 291 cm³/mol. The summed E-state index contributed by atoms with van der Waals surface area (Å²) >= 11 is 0. The van der Waals surface area contributed by atoms with Crippen molar-refractivity contribution in [2.75, 3.05) is 0 Å². The van der Waals surface area contributed by atoms with Gasteiger partial charge in [-0.25, -0.2) is 0 Å². The summed E-state index contributed by atoms with van der Waals surface area (Å²) in [5.74, 6) is 0. The van der Waals surface area contributed by atoms with Gasteiger partial charge in [-0.2, -0.15) is 0 Å². The molecule has 0 amide bonds. The molecule has 0 unspecified atom stereocenters. The fourth-order valence-electron chi connectivity index (χ4n) is 8.55. The molecule has 2 aliphatic carbocycles. The van der Waals surface area contributed by atoms with Crippen molar-refractivity contribution < 1.29 is 4.74 Å². The molecule has 0 bridgehead atoms. The topological polar surface area (TPSA) is 14.2 Å². The largest absolute Gasteiger partial charge is 0.372 e. The van der Waals surface area contributed by atoms with E-state index in [1.54, 1.807) is 0 Å². The number of ether oxygens (including phenoxy) is 1. The highest BCUT2D eigenvalue weighted by molar-refractivity contribution is 6.10. The smallest absolute Gasteiger partial charge is 0.0721 e. The third kappa shape index (κ3) is 10.9. The second-order valence-electron chi connectivity index (χ2n) is 17.9. The highest BCUT2D eigenvalue weighted by atomic mass is 16.5. The Bertz CT molecular complexity index is 3450. The molecule has 0 saturated heterocycles. The lowest BCUT2D eigenvalue weighted by Gasteiger charge is -2.12. The number of hydrogen-bond acceptors (Lipinski definition) is 1. The molecule has 9 aromatic carbocycles. The molecule has 0 spiro atoms. The van der Waals surface area contributed by atoms with Crippen molar-refractivity contribution >= 4 is 46.1 Å². The van der Waals surface area contributed by atoms with E-state index in [-0.39, 0.29) is 0 Å². The molecule has 68 heavy (non-hydrogen) atoms. The van der Waals surface area contributed by atoms with Gasteiger partial charge in [-0.15, -0.1) is 0 Å². The van der Waals surface area contributed by atoms with Crippen LogP contribution in [0.3, 0.4) is 0 Å². The summed E-state index contributed by atoms with van der Waals surface area (Å²) in [4.78, 5) is 0. The SMILES string of the molecule is CCc1ccc2c(c1)=CC=2.Cc1ccc(-c2ccc(COCc3ccc4c(c3)C=C4)cc2)cc1.Cc1ccc(-c2ccc3c(c2)c2ccccc2n3-c2ccc(C)cc2)cc1.Cc1ccccc1. The molecule has 0 radical (unpaired) electrons. The van der Waals surface area contributed by atoms with Crippen molar-refractivity contribution in [1.82, 2.24) is 4.57 Å². The van der Waals surface area contributed by atoms with E-state index in [0.717, 1.165) is 6.42 Å². The normalized spacial score (nSPS) is 11.4. The first-order chi connectivity index (χ1) is 33.3. The second-order valence-corrected chi connectivity index (χ2v) is 17.9. The summed E-state index contributed by atoms with van der Waals surface area (Å²) in [5.41, 5.74) is 20.4. The van der Waals surface area contributed by atoms with Gasteiger partial charge in [-0.05, 0) is 131 Å². The maximum absolute atomic E-state index is 5.86. The number of fused-ring (bicyclic) bond motifs is 5. The van der Waals surface area contributed by atoms with Gasteiger partial charge in [0.25, 0.3) is 0 Å². The van der Waals surface area contributed by atoms with E-state index in [1.807, 2.05) is 18.2 Å². The number of aryl methyl sites for hydroxylation is 5. The highest BCUT2D eigenvalue weighted by Gasteiger charge is 2.13. The fraction of sp³-hybridized carbons (Fsp3) is 0.121. The quantitative estimate of drug-likeness (QED) is 0.148. The Morgan fingerprint density at radius 1 is 0.368 bits per heavy atom. The molecule has 2 heteroatoms. The third-order valence-corrected chi connectivity index (χ3v) is 12.8. The van der Waals surface area contributed by atoms with Crippen LogP contribution in [0.2, 0.25) is 0 Å². The minimum Gasteiger partial charge on any atom is -0.372 e. The van der Waals surface area contributed by atoms with Crippen LogP contribution in [0.5, 0.6) is 0 Å². The number of benzene rings is 9. The van der Waals surface area contributed by atoms with Gasteiger partial charge in [-0.1, -0.05) is 223 Å². The summed E-state index contributed by atoms with van der Waals surface area (Å²) in [5, 5.41) is 5.38. The van der Waals surface area contributed by atoms with E-state index in [1.165, 1.54) is 110 Å². The summed E-state index contributed by atoms with van der Waals surface area (Å²) in [6.07, 6.45) is 9.72. The number of rotatable bonds is 8. The average molecular weight is 882 g/mol. The van der Waals surface area contributed by atoms with Crippen LogP contribution in [-0.4, -0.2) is 4.57 Å². The second kappa shape index (κ2) is 21.2. The van der Waals surface area contributed by atoms with Crippen molar-refractivity contribution in [2.45, 2.75) is 54.3 Å². The lowest BCUT2D eigenvalue weighted by molar-refractivity contribution is 0.107. The zero-order valence-corrected chi connectivity index (χ0v) is 39.9. The van der Waals surface area contributed by atoms with E-state index >= 15 is 0 Å². The van der Waals surface area contributed by atoms with E-state index in [2.05, 4.69) is 252 Å². The van der Waals surface area contributed by atoms with Gasteiger partial charge in [0, 0.05) is 16.5 Å². The number of para-hydroxylation sites is 1. The Hall–Kier alpha value is -7.78. The Labute approximate surface area is 402 Å². The lowest BCUT2D eigenvalue weighted by atomic mass is 9.96. The molecule has 0 N–H and O–H groups in total. The molecular formula is C66H59NO. The molecule has 1 heterocycles. The zero-order chi connectivity index (χ0) is 46.8. The monoisotopic (exact) mass is 881 g/mol. The van der Waals surface area contributed by atoms with Crippen LogP contribution in [-0.2, 0) is 24.4 Å². The van der Waals surface area contributed by atoms with E-state index in [4.69, 9.17) is 4.74 Å². The first-order valence-corrected chi connectivity index (χ1v) is 23.8. The van der Waals surface area contributed by atoms with Crippen LogP contribution < -0.4 is 10.4 Å². The van der Waals surface area contributed by atoms with E-state index in [9.17, 15) is 0 Å². The van der Waals surface area contributed by atoms with Crippen LogP contribution in [0.15, 0.2) is 206 Å². The summed E-state index contributed by atoms with van der Waals surface area (Å²) in [6, 6.07) is 73.7. The van der Waals surface area contributed by atoms with Crippen molar-refractivity contribution in [1.29, 1.82) is 0 Å².